The van der Waals surface area contributed by atoms with Crippen molar-refractivity contribution in [2.45, 2.75) is 50.5 Å². The Kier molecular flexibility index (Phi) is 3.68. The van der Waals surface area contributed by atoms with E-state index in [-0.39, 0.29) is 30.7 Å². The minimum absolute atomic E-state index is 0.0426. The third kappa shape index (κ3) is 2.49. The Labute approximate surface area is 176 Å². The van der Waals surface area contributed by atoms with Crippen LogP contribution in [0.5, 0.6) is 0 Å². The van der Waals surface area contributed by atoms with Crippen LogP contribution in [0.2, 0.25) is 0 Å². The molecule has 1 saturated heterocycles. The van der Waals surface area contributed by atoms with E-state index in [0.29, 0.717) is 0 Å². The van der Waals surface area contributed by atoms with Crippen molar-refractivity contribution in [1.82, 2.24) is 4.90 Å². The number of hydrogen-bond donors (Lipinski definition) is 2. The van der Waals surface area contributed by atoms with Gasteiger partial charge in [-0.15, -0.1) is 0 Å². The molecule has 2 aliphatic carbocycles. The van der Waals surface area contributed by atoms with Crippen LogP contribution in [0, 0.1) is 0 Å². The van der Waals surface area contributed by atoms with Crippen LogP contribution in [0.1, 0.15) is 42.1 Å². The average Bonchev–Trinajstić information content (AvgIpc) is 3.21. The topological polar surface area (TPSA) is 47.6 Å². The molecule has 5 nitrogen and oxygen atoms in total. The molecule has 6 heteroatoms. The monoisotopic (exact) mass is 406 g/mol. The number of anilines is 3. The smallest absolute Gasteiger partial charge is 0.254 e. The van der Waals surface area contributed by atoms with Crippen LogP contribution in [0.4, 0.5) is 21.5 Å². The summed E-state index contributed by atoms with van der Waals surface area (Å²) in [4.78, 5) is 17.0. The summed E-state index contributed by atoms with van der Waals surface area (Å²) >= 11 is 0. The van der Waals surface area contributed by atoms with Gasteiger partial charge < -0.3 is 20.4 Å². The van der Waals surface area contributed by atoms with Gasteiger partial charge in [0.1, 0.15) is 6.17 Å². The summed E-state index contributed by atoms with van der Waals surface area (Å²) in [6, 6.07) is 2.01. The van der Waals surface area contributed by atoms with Crippen molar-refractivity contribution < 1.29 is 9.18 Å². The van der Waals surface area contributed by atoms with E-state index in [1.165, 1.54) is 11.1 Å². The first kappa shape index (κ1) is 18.0. The maximum atomic E-state index is 13.4. The fraction of sp³-hybridized carbons (Fsp3) is 0.458. The summed E-state index contributed by atoms with van der Waals surface area (Å²) in [7, 11) is 2.05. The largest absolute Gasteiger partial charge is 0.374 e. The van der Waals surface area contributed by atoms with E-state index >= 15 is 0 Å². The molecule has 2 N–H and O–H groups in total. The summed E-state index contributed by atoms with van der Waals surface area (Å²) < 4.78 is 13.4. The molecule has 6 rings (SSSR count). The summed E-state index contributed by atoms with van der Waals surface area (Å²) in [6.45, 7) is 2.54. The molecule has 0 radical (unpaired) electrons. The molecule has 1 aromatic carbocycles. The lowest BCUT2D eigenvalue weighted by molar-refractivity contribution is 0.0399. The molecule has 2 atom stereocenters. The number of benzene rings is 1. The number of carbonyl (C=O) groups is 1. The summed E-state index contributed by atoms with van der Waals surface area (Å²) in [5.74, 6) is -0.0426. The van der Waals surface area contributed by atoms with Crippen molar-refractivity contribution in [3.63, 3.8) is 0 Å². The van der Waals surface area contributed by atoms with E-state index < -0.39 is 6.17 Å². The van der Waals surface area contributed by atoms with E-state index in [9.17, 15) is 9.18 Å². The van der Waals surface area contributed by atoms with Gasteiger partial charge in [0.2, 0.25) is 0 Å². The van der Waals surface area contributed by atoms with Crippen LogP contribution in [0.3, 0.4) is 0 Å². The van der Waals surface area contributed by atoms with Crippen LogP contribution in [-0.4, -0.2) is 48.8 Å². The molecule has 0 aromatic heterocycles. The van der Waals surface area contributed by atoms with E-state index in [0.717, 1.165) is 53.9 Å². The molecule has 1 spiro atoms. The number of fused-ring (bicyclic) bond motifs is 4. The predicted molar refractivity (Wildman–Crippen MR) is 118 cm³/mol. The maximum absolute atomic E-state index is 13.4. The number of allylic oxidation sites excluding steroid dienone is 4. The summed E-state index contributed by atoms with van der Waals surface area (Å²) in [5, 5.41) is 7.48. The zero-order valence-electron chi connectivity index (χ0n) is 17.5. The molecule has 1 aromatic rings. The number of carbonyl (C=O) groups excluding carboxylic acids is 1. The third-order valence-corrected chi connectivity index (χ3v) is 7.42. The maximum Gasteiger partial charge on any atom is 0.254 e. The van der Waals surface area contributed by atoms with Gasteiger partial charge in [0.05, 0.1) is 41.9 Å². The second-order valence-corrected chi connectivity index (χ2v) is 9.36. The van der Waals surface area contributed by atoms with Crippen LogP contribution >= 0.6 is 0 Å². The number of halogens is 1. The highest BCUT2D eigenvalue weighted by molar-refractivity contribution is 6.04. The van der Waals surface area contributed by atoms with Crippen LogP contribution < -0.4 is 15.5 Å². The molecule has 30 heavy (non-hydrogen) atoms. The van der Waals surface area contributed by atoms with E-state index in [1.807, 2.05) is 13.1 Å². The van der Waals surface area contributed by atoms with Gasteiger partial charge in [-0.1, -0.05) is 24.3 Å². The average molecular weight is 407 g/mol. The van der Waals surface area contributed by atoms with Gasteiger partial charge in [0.25, 0.3) is 5.91 Å². The molecule has 3 aliphatic heterocycles. The van der Waals surface area contributed by atoms with Crippen molar-refractivity contribution in [2.24, 2.45) is 0 Å². The Hall–Kier alpha value is -2.76. The number of nitrogens with one attached hydrogen (secondary N) is 2. The first-order chi connectivity index (χ1) is 14.4. The lowest BCUT2D eigenvalue weighted by Gasteiger charge is -2.39. The lowest BCUT2D eigenvalue weighted by Crippen LogP contribution is -2.51. The summed E-state index contributed by atoms with van der Waals surface area (Å²) in [6.07, 6.45) is 12.1. The van der Waals surface area contributed by atoms with Crippen LogP contribution in [-0.2, 0) is 6.42 Å². The van der Waals surface area contributed by atoms with Crippen molar-refractivity contribution in [3.8, 4) is 0 Å². The number of likely N-dealkylation sites (tertiary alicyclic amines) is 1. The summed E-state index contributed by atoms with van der Waals surface area (Å²) in [5.41, 5.74) is 7.73. The van der Waals surface area contributed by atoms with Crippen molar-refractivity contribution in [1.29, 1.82) is 0 Å². The number of amides is 1. The highest BCUT2D eigenvalue weighted by atomic mass is 19.1. The highest BCUT2D eigenvalue weighted by Gasteiger charge is 2.43. The molecule has 2 unspecified atom stereocenters. The second-order valence-electron chi connectivity index (χ2n) is 9.36. The lowest BCUT2D eigenvalue weighted by atomic mass is 9.82. The van der Waals surface area contributed by atoms with Gasteiger partial charge in [0, 0.05) is 12.6 Å². The SMILES string of the molecule is CC1Nc2c(cc(C(=O)N3CC(F)C3)c3c2NC2(C=C4CC=CC=C4C2)CC3)N1C. The Morgan fingerprint density at radius 2 is 2.10 bits per heavy atom. The molecule has 3 heterocycles. The quantitative estimate of drug-likeness (QED) is 0.740. The van der Waals surface area contributed by atoms with E-state index in [2.05, 4.69) is 46.8 Å². The van der Waals surface area contributed by atoms with Gasteiger partial charge >= 0.3 is 0 Å². The normalized spacial score (nSPS) is 28.8. The molecule has 1 fully saturated rings. The first-order valence-electron chi connectivity index (χ1n) is 10.9. The van der Waals surface area contributed by atoms with E-state index in [4.69, 9.17) is 0 Å². The van der Waals surface area contributed by atoms with Gasteiger partial charge in [-0.25, -0.2) is 4.39 Å². The Balaban J connectivity index is 1.44. The predicted octanol–water partition coefficient (Wildman–Crippen LogP) is 4.00. The molecule has 1 amide bonds. The molecular formula is C24H27FN4O. The zero-order valence-corrected chi connectivity index (χ0v) is 17.5. The zero-order chi connectivity index (χ0) is 20.6. The molecular weight excluding hydrogens is 379 g/mol. The second kappa shape index (κ2) is 6.13. The number of alkyl halides is 1. The fourth-order valence-electron chi connectivity index (χ4n) is 5.56. The number of nitrogens with zero attached hydrogens (tertiary/aromatic N) is 2. The number of rotatable bonds is 1. The van der Waals surface area contributed by atoms with Gasteiger partial charge in [-0.3, -0.25) is 4.79 Å². The van der Waals surface area contributed by atoms with Gasteiger partial charge in [-0.05, 0) is 55.4 Å². The first-order valence-corrected chi connectivity index (χ1v) is 10.9. The minimum Gasteiger partial charge on any atom is -0.374 e. The van der Waals surface area contributed by atoms with Crippen molar-refractivity contribution >= 4 is 23.0 Å². The Morgan fingerprint density at radius 3 is 2.87 bits per heavy atom. The van der Waals surface area contributed by atoms with E-state index in [1.54, 1.807) is 4.90 Å². The van der Waals surface area contributed by atoms with Crippen LogP contribution in [0.25, 0.3) is 0 Å². The Bertz CT molecular complexity index is 1050. The van der Waals surface area contributed by atoms with Gasteiger partial charge in [-0.2, -0.15) is 0 Å². The third-order valence-electron chi connectivity index (χ3n) is 7.42. The standard InChI is InChI=1S/C24H27FN4O/c1-14-26-22-20(28(14)2)9-19(23(30)29-12-17(25)13-29)18-7-8-24(27-21(18)22)10-15-5-3-4-6-16(15)11-24/h3-5,9,11,14,17,26-27H,6-8,10,12-13H2,1-2H3. The Morgan fingerprint density at radius 1 is 1.27 bits per heavy atom. The van der Waals surface area contributed by atoms with Crippen molar-refractivity contribution in [3.05, 3.63) is 52.6 Å². The molecule has 156 valence electrons. The van der Waals surface area contributed by atoms with Crippen molar-refractivity contribution in [2.75, 3.05) is 35.7 Å². The minimum atomic E-state index is -0.889. The molecule has 0 bridgehead atoms. The number of hydrogen-bond acceptors (Lipinski definition) is 4. The fourth-order valence-corrected chi connectivity index (χ4v) is 5.56. The van der Waals surface area contributed by atoms with Gasteiger partial charge in [0.15, 0.2) is 0 Å². The molecule has 5 aliphatic rings. The van der Waals surface area contributed by atoms with Crippen LogP contribution in [0.15, 0.2) is 41.5 Å². The highest BCUT2D eigenvalue weighted by Crippen LogP contribution is 2.51. The molecule has 0 saturated carbocycles.